The van der Waals surface area contributed by atoms with Crippen molar-refractivity contribution in [3.05, 3.63) is 206 Å². The first kappa shape index (κ1) is 25.9. The lowest BCUT2D eigenvalue weighted by Crippen LogP contribution is -1.92. The minimum atomic E-state index is -0.402. The highest BCUT2D eigenvalue weighted by Gasteiger charge is 2.18. The van der Waals surface area contributed by atoms with Crippen molar-refractivity contribution >= 4 is 64.6 Å². The topological polar surface area (TPSA) is 0 Å². The van der Waals surface area contributed by atoms with Crippen molar-refractivity contribution in [1.29, 1.82) is 0 Å². The van der Waals surface area contributed by atoms with Crippen LogP contribution in [0.4, 0.5) is 0 Å². The minimum Gasteiger partial charge on any atom is -0.0622 e. The quantitative estimate of drug-likeness (QED) is 0.128. The van der Waals surface area contributed by atoms with Gasteiger partial charge in [0.15, 0.2) is 0 Å². The van der Waals surface area contributed by atoms with Crippen LogP contribution < -0.4 is 0 Å². The van der Waals surface area contributed by atoms with E-state index in [0.29, 0.717) is 5.56 Å². The van der Waals surface area contributed by atoms with Gasteiger partial charge in [-0.2, -0.15) is 0 Å². The van der Waals surface area contributed by atoms with Gasteiger partial charge in [0, 0.05) is 0 Å². The summed E-state index contributed by atoms with van der Waals surface area (Å²) in [6, 6.07) is 60.5. The zero-order valence-electron chi connectivity index (χ0n) is 34.2. The molecule has 250 valence electrons. The van der Waals surface area contributed by atoms with Crippen molar-refractivity contribution in [2.75, 3.05) is 0 Å². The molecule has 0 unspecified atom stereocenters. The first-order chi connectivity index (χ1) is 28.9. The van der Waals surface area contributed by atoms with E-state index in [2.05, 4.69) is 140 Å². The van der Waals surface area contributed by atoms with Crippen molar-refractivity contribution in [2.45, 2.75) is 0 Å². The van der Waals surface area contributed by atoms with Gasteiger partial charge in [-0.3, -0.25) is 0 Å². The van der Waals surface area contributed by atoms with E-state index in [1.165, 1.54) is 37.9 Å². The summed E-state index contributed by atoms with van der Waals surface area (Å²) >= 11 is 0. The first-order valence-electron chi connectivity index (χ1n) is 20.8. The van der Waals surface area contributed by atoms with Gasteiger partial charge in [0.1, 0.15) is 0 Å². The molecule has 0 aliphatic carbocycles. The van der Waals surface area contributed by atoms with Gasteiger partial charge in [0.2, 0.25) is 0 Å². The molecule has 0 aromatic heterocycles. The molecule has 0 saturated carbocycles. The first-order valence-corrected chi connectivity index (χ1v) is 18.3. The molecule has 0 aliphatic rings. The Balaban J connectivity index is 1.15. The van der Waals surface area contributed by atoms with E-state index in [4.69, 9.17) is 6.85 Å². The minimum absolute atomic E-state index is 0.203. The molecular formula is C54H34. The summed E-state index contributed by atoms with van der Waals surface area (Å²) in [5, 5.41) is 13.2. The molecule has 0 saturated heterocycles. The van der Waals surface area contributed by atoms with Crippen molar-refractivity contribution in [2.24, 2.45) is 0 Å². The molecule has 11 aromatic carbocycles. The summed E-state index contributed by atoms with van der Waals surface area (Å²) in [6.07, 6.45) is 0. The monoisotopic (exact) mass is 687 g/mol. The van der Waals surface area contributed by atoms with Crippen LogP contribution in [0, 0.1) is 0 Å². The SMILES string of the molecule is [2H]c1c([2H])c([2H])c(-c2c3ccccc3c(-c3ccc4cc(-c5cc6c7ccccc7ccc6c6ccccc56)ccc4c3)c3ccc(-c4ccccc4)cc23)c([2H])c1[2H]. The molecule has 0 N–H and O–H groups in total. The largest absolute Gasteiger partial charge is 0.0629 e. The molecule has 54 heavy (non-hydrogen) atoms. The third-order valence-corrected chi connectivity index (χ3v) is 11.1. The van der Waals surface area contributed by atoms with Crippen molar-refractivity contribution in [1.82, 2.24) is 0 Å². The molecule has 0 radical (unpaired) electrons. The maximum absolute atomic E-state index is 9.08. The van der Waals surface area contributed by atoms with Gasteiger partial charge in [-0.15, -0.1) is 0 Å². The Morgan fingerprint density at radius 1 is 0.259 bits per heavy atom. The van der Waals surface area contributed by atoms with E-state index in [-0.39, 0.29) is 29.7 Å². The number of fused-ring (bicyclic) bond motifs is 8. The normalized spacial score (nSPS) is 13.0. The van der Waals surface area contributed by atoms with Crippen LogP contribution >= 0.6 is 0 Å². The Labute approximate surface area is 321 Å². The van der Waals surface area contributed by atoms with Crippen LogP contribution in [0.1, 0.15) is 6.85 Å². The van der Waals surface area contributed by atoms with Crippen LogP contribution in [-0.2, 0) is 0 Å². The predicted octanol–water partition coefficient (Wildman–Crippen LogP) is 15.3. The van der Waals surface area contributed by atoms with Gasteiger partial charge in [-0.05, 0) is 133 Å². The third-order valence-electron chi connectivity index (χ3n) is 11.1. The van der Waals surface area contributed by atoms with Crippen LogP contribution in [-0.4, -0.2) is 0 Å². The Hall–Kier alpha value is -7.02. The Kier molecular flexibility index (Phi) is 5.89. The van der Waals surface area contributed by atoms with Gasteiger partial charge >= 0.3 is 0 Å². The standard InChI is InChI=1S/C54H34/c1-3-13-35(14-4-1)40-28-30-49-52(33-40)53(37-16-5-2-6-17-37)47-21-11-12-22-48(47)54(49)42-26-24-38-31-41(25-23-39(38)32-42)50-34-51-43-18-8-7-15-36(43)27-29-46(51)44-19-9-10-20-45(44)50/h1-34H/i2D,5D,6D,16D,17D. The van der Waals surface area contributed by atoms with Crippen LogP contribution in [0.25, 0.3) is 109 Å². The van der Waals surface area contributed by atoms with E-state index < -0.39 is 6.04 Å². The van der Waals surface area contributed by atoms with E-state index in [1.54, 1.807) is 0 Å². The fourth-order valence-electron chi connectivity index (χ4n) is 8.61. The molecule has 11 aromatic rings. The van der Waals surface area contributed by atoms with Crippen molar-refractivity contribution in [3.8, 4) is 44.5 Å². The highest BCUT2D eigenvalue weighted by Crippen LogP contribution is 2.46. The molecule has 0 spiro atoms. The van der Waals surface area contributed by atoms with E-state index in [1.807, 2.05) is 36.4 Å². The van der Waals surface area contributed by atoms with Crippen molar-refractivity contribution < 1.29 is 6.85 Å². The second kappa shape index (κ2) is 12.3. The van der Waals surface area contributed by atoms with Crippen LogP contribution in [0.5, 0.6) is 0 Å². The molecule has 0 bridgehead atoms. The fourth-order valence-corrected chi connectivity index (χ4v) is 8.61. The highest BCUT2D eigenvalue weighted by atomic mass is 14.2. The average molecular weight is 688 g/mol. The summed E-state index contributed by atoms with van der Waals surface area (Å²) in [4.78, 5) is 0. The van der Waals surface area contributed by atoms with Gasteiger partial charge in [0.25, 0.3) is 0 Å². The summed E-state index contributed by atoms with van der Waals surface area (Å²) < 4.78 is 43.7. The Morgan fingerprint density at radius 3 is 1.57 bits per heavy atom. The number of hydrogen-bond donors (Lipinski definition) is 0. The molecule has 11 rings (SSSR count). The van der Waals surface area contributed by atoms with Gasteiger partial charge in [0.05, 0.1) is 6.85 Å². The summed E-state index contributed by atoms with van der Waals surface area (Å²) in [6.45, 7) is 0. The Bertz CT molecular complexity index is 3520. The molecule has 0 fully saturated rings. The highest BCUT2D eigenvalue weighted by molar-refractivity contribution is 6.23. The molecule has 0 atom stereocenters. The van der Waals surface area contributed by atoms with Crippen molar-refractivity contribution in [3.63, 3.8) is 0 Å². The number of hydrogen-bond acceptors (Lipinski definition) is 0. The molecule has 0 heterocycles. The second-order valence-electron chi connectivity index (χ2n) is 14.1. The van der Waals surface area contributed by atoms with Gasteiger partial charge in [-0.25, -0.2) is 0 Å². The molecule has 0 amide bonds. The van der Waals surface area contributed by atoms with E-state index in [9.17, 15) is 0 Å². The molecule has 0 nitrogen and oxygen atoms in total. The summed E-state index contributed by atoms with van der Waals surface area (Å²) in [7, 11) is 0. The fraction of sp³-hybridized carbons (Fsp3) is 0. The van der Waals surface area contributed by atoms with E-state index in [0.717, 1.165) is 60.1 Å². The lowest BCUT2D eigenvalue weighted by Gasteiger charge is -2.19. The second-order valence-corrected chi connectivity index (χ2v) is 14.1. The van der Waals surface area contributed by atoms with Crippen LogP contribution in [0.3, 0.4) is 0 Å². The third kappa shape index (κ3) is 4.85. The Morgan fingerprint density at radius 2 is 0.796 bits per heavy atom. The number of benzene rings is 11. The van der Waals surface area contributed by atoms with E-state index >= 15 is 0 Å². The van der Waals surface area contributed by atoms with Gasteiger partial charge in [-0.1, -0.05) is 182 Å². The van der Waals surface area contributed by atoms with Crippen LogP contribution in [0.15, 0.2) is 206 Å². The smallest absolute Gasteiger partial charge is 0.0622 e. The van der Waals surface area contributed by atoms with Crippen LogP contribution in [0.2, 0.25) is 0 Å². The summed E-state index contributed by atoms with van der Waals surface area (Å²) in [5.74, 6) is 0. The number of rotatable bonds is 4. The predicted molar refractivity (Wildman–Crippen MR) is 233 cm³/mol. The molecule has 0 heteroatoms. The lowest BCUT2D eigenvalue weighted by atomic mass is 9.84. The molecule has 0 aliphatic heterocycles. The maximum Gasteiger partial charge on any atom is 0.0629 e. The van der Waals surface area contributed by atoms with Gasteiger partial charge < -0.3 is 0 Å². The maximum atomic E-state index is 9.08. The lowest BCUT2D eigenvalue weighted by molar-refractivity contribution is 1.63. The summed E-state index contributed by atoms with van der Waals surface area (Å²) in [5.41, 5.74) is 7.27. The zero-order valence-corrected chi connectivity index (χ0v) is 29.2. The average Bonchev–Trinajstić information content (AvgIpc) is 3.29. The molecular weight excluding hydrogens is 649 g/mol. The zero-order chi connectivity index (χ0) is 39.9.